The lowest BCUT2D eigenvalue weighted by molar-refractivity contribution is -0.275. The van der Waals surface area contributed by atoms with Crippen LogP contribution in [0.4, 0.5) is 13.2 Å². The average molecular weight is 249 g/mol. The summed E-state index contributed by atoms with van der Waals surface area (Å²) in [6.07, 6.45) is -4.86. The van der Waals surface area contributed by atoms with Gasteiger partial charge in [0.2, 0.25) is 5.91 Å². The summed E-state index contributed by atoms with van der Waals surface area (Å²) < 4.78 is 45.0. The summed E-state index contributed by atoms with van der Waals surface area (Å²) >= 11 is 0. The first kappa shape index (κ1) is 13.1. The molecule has 0 radical (unpaired) electrons. The molecule has 0 aromatic heterocycles. The third-order valence-electron chi connectivity index (χ3n) is 1.75. The predicted molar refractivity (Wildman–Crippen MR) is 52.8 cm³/mol. The highest BCUT2D eigenvalue weighted by Gasteiger charge is 2.32. The van der Waals surface area contributed by atoms with Gasteiger partial charge in [-0.15, -0.1) is 13.2 Å². The van der Waals surface area contributed by atoms with Crippen LogP contribution < -0.4 is 15.2 Å². The fourth-order valence-corrected chi connectivity index (χ4v) is 1.14. The van der Waals surface area contributed by atoms with Crippen molar-refractivity contribution in [2.45, 2.75) is 13.3 Å². The number of hydrogen-bond acceptors (Lipinski definition) is 3. The topological polar surface area (TPSA) is 61.5 Å². The third kappa shape index (κ3) is 3.86. The number of carbonyl (C=O) groups excluding carboxylic acids is 1. The van der Waals surface area contributed by atoms with Crippen molar-refractivity contribution >= 4 is 5.91 Å². The first-order valence-electron chi connectivity index (χ1n) is 4.66. The Balaban J connectivity index is 3.11. The number of rotatable bonds is 4. The van der Waals surface area contributed by atoms with Gasteiger partial charge in [-0.2, -0.15) is 0 Å². The Morgan fingerprint density at radius 2 is 2.00 bits per heavy atom. The summed E-state index contributed by atoms with van der Waals surface area (Å²) in [7, 11) is 0. The average Bonchev–Trinajstić information content (AvgIpc) is 2.18. The number of carbonyl (C=O) groups is 1. The summed E-state index contributed by atoms with van der Waals surface area (Å²) in [5.74, 6) is -1.54. The second-order valence-electron chi connectivity index (χ2n) is 3.01. The number of halogens is 3. The van der Waals surface area contributed by atoms with Gasteiger partial charge in [0, 0.05) is 5.56 Å². The van der Waals surface area contributed by atoms with Gasteiger partial charge in [-0.3, -0.25) is 4.79 Å². The lowest BCUT2D eigenvalue weighted by Gasteiger charge is -2.13. The van der Waals surface area contributed by atoms with Crippen LogP contribution in [-0.2, 0) is 0 Å². The summed E-state index contributed by atoms with van der Waals surface area (Å²) in [6, 6.07) is 3.35. The zero-order chi connectivity index (χ0) is 13.1. The van der Waals surface area contributed by atoms with E-state index < -0.39 is 18.0 Å². The molecule has 0 aliphatic carbocycles. The number of alkyl halides is 3. The number of hydrogen-bond donors (Lipinski definition) is 1. The van der Waals surface area contributed by atoms with E-state index in [1.165, 1.54) is 12.1 Å². The Hall–Kier alpha value is -1.92. The molecule has 0 saturated carbocycles. The Labute approximate surface area is 95.1 Å². The second kappa shape index (κ2) is 4.94. The standard InChI is InChI=1S/C10H10F3NO3/c1-2-16-7-4-3-6(9(14)15)5-8(7)17-10(11,12)13/h3-5H,2H2,1H3,(H2,14,15). The Kier molecular flexibility index (Phi) is 3.82. The highest BCUT2D eigenvalue weighted by Crippen LogP contribution is 2.33. The van der Waals surface area contributed by atoms with Crippen molar-refractivity contribution in [1.82, 2.24) is 0 Å². The summed E-state index contributed by atoms with van der Waals surface area (Å²) in [4.78, 5) is 10.8. The zero-order valence-electron chi connectivity index (χ0n) is 8.88. The minimum absolute atomic E-state index is 0.0901. The molecule has 0 bridgehead atoms. The summed E-state index contributed by atoms with van der Waals surface area (Å²) in [5, 5.41) is 0. The van der Waals surface area contributed by atoms with Gasteiger partial charge in [-0.1, -0.05) is 0 Å². The monoisotopic (exact) mass is 249 g/mol. The van der Waals surface area contributed by atoms with Crippen LogP contribution in [0.5, 0.6) is 11.5 Å². The lowest BCUT2D eigenvalue weighted by atomic mass is 10.2. The predicted octanol–water partition coefficient (Wildman–Crippen LogP) is 2.08. The number of amides is 1. The van der Waals surface area contributed by atoms with Crippen LogP contribution in [0.2, 0.25) is 0 Å². The highest BCUT2D eigenvalue weighted by molar-refractivity contribution is 5.93. The molecule has 0 fully saturated rings. The molecule has 2 N–H and O–H groups in total. The molecule has 1 rings (SSSR count). The molecule has 1 aromatic carbocycles. The van der Waals surface area contributed by atoms with E-state index in [-0.39, 0.29) is 17.9 Å². The van der Waals surface area contributed by atoms with Gasteiger partial charge in [0.05, 0.1) is 6.61 Å². The van der Waals surface area contributed by atoms with E-state index in [9.17, 15) is 18.0 Å². The molecule has 17 heavy (non-hydrogen) atoms. The third-order valence-corrected chi connectivity index (χ3v) is 1.75. The molecule has 1 amide bonds. The first-order valence-corrected chi connectivity index (χ1v) is 4.66. The largest absolute Gasteiger partial charge is 0.573 e. The fraction of sp³-hybridized carbons (Fsp3) is 0.300. The van der Waals surface area contributed by atoms with Crippen LogP contribution in [0.15, 0.2) is 18.2 Å². The number of primary amides is 1. The summed E-state index contributed by atoms with van der Waals surface area (Å²) in [6.45, 7) is 1.78. The number of nitrogens with two attached hydrogens (primary N) is 1. The molecule has 0 heterocycles. The van der Waals surface area contributed by atoms with E-state index in [1.807, 2.05) is 0 Å². The number of ether oxygens (including phenoxy) is 2. The van der Waals surface area contributed by atoms with Gasteiger partial charge in [0.1, 0.15) is 0 Å². The minimum Gasteiger partial charge on any atom is -0.490 e. The molecular formula is C10H10F3NO3. The summed E-state index contributed by atoms with van der Waals surface area (Å²) in [5.41, 5.74) is 4.86. The van der Waals surface area contributed by atoms with E-state index >= 15 is 0 Å². The zero-order valence-corrected chi connectivity index (χ0v) is 8.88. The van der Waals surface area contributed by atoms with Gasteiger partial charge in [-0.25, -0.2) is 0 Å². The maximum Gasteiger partial charge on any atom is 0.573 e. The van der Waals surface area contributed by atoms with Crippen LogP contribution >= 0.6 is 0 Å². The van der Waals surface area contributed by atoms with Crippen molar-refractivity contribution in [2.75, 3.05) is 6.61 Å². The first-order chi connectivity index (χ1) is 7.83. The lowest BCUT2D eigenvalue weighted by Crippen LogP contribution is -2.19. The van der Waals surface area contributed by atoms with Crippen molar-refractivity contribution in [3.05, 3.63) is 23.8 Å². The molecule has 0 aliphatic rings. The van der Waals surface area contributed by atoms with Crippen LogP contribution in [0.1, 0.15) is 17.3 Å². The Bertz CT molecular complexity index is 418. The maximum absolute atomic E-state index is 12.1. The Morgan fingerprint density at radius 3 is 2.47 bits per heavy atom. The molecule has 4 nitrogen and oxygen atoms in total. The van der Waals surface area contributed by atoms with E-state index in [1.54, 1.807) is 6.92 Å². The molecule has 1 aromatic rings. The Morgan fingerprint density at radius 1 is 1.35 bits per heavy atom. The second-order valence-corrected chi connectivity index (χ2v) is 3.01. The molecule has 0 unspecified atom stereocenters. The smallest absolute Gasteiger partial charge is 0.490 e. The quantitative estimate of drug-likeness (QED) is 0.888. The molecule has 0 spiro atoms. The normalized spacial score (nSPS) is 11.1. The van der Waals surface area contributed by atoms with Crippen molar-refractivity contribution in [3.8, 4) is 11.5 Å². The SMILES string of the molecule is CCOc1ccc(C(N)=O)cc1OC(F)(F)F. The van der Waals surface area contributed by atoms with Crippen LogP contribution in [0.3, 0.4) is 0 Å². The fourth-order valence-electron chi connectivity index (χ4n) is 1.14. The van der Waals surface area contributed by atoms with E-state index in [2.05, 4.69) is 4.74 Å². The van der Waals surface area contributed by atoms with Gasteiger partial charge >= 0.3 is 6.36 Å². The van der Waals surface area contributed by atoms with Gasteiger partial charge in [-0.05, 0) is 25.1 Å². The van der Waals surface area contributed by atoms with Crippen molar-refractivity contribution < 1.29 is 27.4 Å². The highest BCUT2D eigenvalue weighted by atomic mass is 19.4. The molecule has 0 atom stereocenters. The molecule has 0 saturated heterocycles. The molecule has 0 aliphatic heterocycles. The van der Waals surface area contributed by atoms with Gasteiger partial charge in [0.15, 0.2) is 11.5 Å². The van der Waals surface area contributed by atoms with Crippen molar-refractivity contribution in [2.24, 2.45) is 5.73 Å². The van der Waals surface area contributed by atoms with Gasteiger partial charge < -0.3 is 15.2 Å². The minimum atomic E-state index is -4.86. The van der Waals surface area contributed by atoms with Crippen molar-refractivity contribution in [3.63, 3.8) is 0 Å². The van der Waals surface area contributed by atoms with Crippen LogP contribution in [-0.4, -0.2) is 18.9 Å². The molecule has 94 valence electrons. The number of benzene rings is 1. The maximum atomic E-state index is 12.1. The van der Waals surface area contributed by atoms with E-state index in [0.29, 0.717) is 0 Å². The molecular weight excluding hydrogens is 239 g/mol. The van der Waals surface area contributed by atoms with E-state index in [0.717, 1.165) is 6.07 Å². The van der Waals surface area contributed by atoms with E-state index in [4.69, 9.17) is 10.5 Å². The molecule has 7 heteroatoms. The van der Waals surface area contributed by atoms with Gasteiger partial charge in [0.25, 0.3) is 0 Å². The van der Waals surface area contributed by atoms with Crippen molar-refractivity contribution in [1.29, 1.82) is 0 Å². The van der Waals surface area contributed by atoms with Crippen LogP contribution in [0, 0.1) is 0 Å². The van der Waals surface area contributed by atoms with Crippen LogP contribution in [0.25, 0.3) is 0 Å².